The first-order chi connectivity index (χ1) is 8.74. The van der Waals surface area contributed by atoms with E-state index in [0.717, 1.165) is 31.8 Å². The fraction of sp³-hybridized carbons (Fsp3) is 0.533. The van der Waals surface area contributed by atoms with Gasteiger partial charge >= 0.3 is 5.97 Å². The maximum Gasteiger partial charge on any atom is 0.335 e. The summed E-state index contributed by atoms with van der Waals surface area (Å²) in [6, 6.07) is 5.58. The van der Waals surface area contributed by atoms with E-state index >= 15 is 0 Å². The van der Waals surface area contributed by atoms with E-state index in [1.54, 1.807) is 6.07 Å². The molecule has 1 aliphatic heterocycles. The number of carbonyl (C=O) groups is 1. The number of hydrogen-bond acceptors (Lipinski definition) is 2. The topological polar surface area (TPSA) is 40.5 Å². The van der Waals surface area contributed by atoms with Gasteiger partial charge < -0.3 is 10.0 Å². The SMILES string of the molecule is O=C(O)c1ccc2c(c1)CCCN2CC1CCC1. The number of hydrogen-bond donors (Lipinski definition) is 1. The molecule has 96 valence electrons. The largest absolute Gasteiger partial charge is 0.478 e. The molecule has 3 heteroatoms. The van der Waals surface area contributed by atoms with Crippen molar-refractivity contribution in [2.75, 3.05) is 18.0 Å². The zero-order valence-electron chi connectivity index (χ0n) is 10.6. The summed E-state index contributed by atoms with van der Waals surface area (Å²) in [6.07, 6.45) is 6.25. The molecule has 0 spiro atoms. The summed E-state index contributed by atoms with van der Waals surface area (Å²) < 4.78 is 0. The van der Waals surface area contributed by atoms with Crippen molar-refractivity contribution in [3.8, 4) is 0 Å². The molecule has 0 radical (unpaired) electrons. The van der Waals surface area contributed by atoms with Crippen molar-refractivity contribution >= 4 is 11.7 Å². The van der Waals surface area contributed by atoms with Crippen molar-refractivity contribution in [3.05, 3.63) is 29.3 Å². The minimum Gasteiger partial charge on any atom is -0.478 e. The lowest BCUT2D eigenvalue weighted by Gasteiger charge is -2.37. The number of anilines is 1. The van der Waals surface area contributed by atoms with Crippen molar-refractivity contribution in [1.82, 2.24) is 0 Å². The Morgan fingerprint density at radius 2 is 2.17 bits per heavy atom. The minimum atomic E-state index is -0.825. The third kappa shape index (κ3) is 2.09. The van der Waals surface area contributed by atoms with Gasteiger partial charge in [0.25, 0.3) is 0 Å². The van der Waals surface area contributed by atoms with Crippen LogP contribution in [-0.4, -0.2) is 24.2 Å². The van der Waals surface area contributed by atoms with Crippen LogP contribution < -0.4 is 4.90 Å². The first-order valence-corrected chi connectivity index (χ1v) is 6.85. The van der Waals surface area contributed by atoms with Crippen LogP contribution in [0.2, 0.25) is 0 Å². The number of nitrogens with zero attached hydrogens (tertiary/aromatic N) is 1. The van der Waals surface area contributed by atoms with E-state index in [-0.39, 0.29) is 0 Å². The predicted molar refractivity (Wildman–Crippen MR) is 71.3 cm³/mol. The van der Waals surface area contributed by atoms with Crippen molar-refractivity contribution in [2.24, 2.45) is 5.92 Å². The van der Waals surface area contributed by atoms with Gasteiger partial charge in [0, 0.05) is 18.8 Å². The third-order valence-corrected chi connectivity index (χ3v) is 4.24. The molecule has 1 heterocycles. The molecule has 1 aliphatic carbocycles. The van der Waals surface area contributed by atoms with Crippen molar-refractivity contribution in [3.63, 3.8) is 0 Å². The van der Waals surface area contributed by atoms with Gasteiger partial charge in [-0.2, -0.15) is 0 Å². The highest BCUT2D eigenvalue weighted by atomic mass is 16.4. The lowest BCUT2D eigenvalue weighted by atomic mass is 9.84. The first-order valence-electron chi connectivity index (χ1n) is 6.85. The average Bonchev–Trinajstić information content (AvgIpc) is 2.33. The standard InChI is InChI=1S/C15H19NO2/c17-15(18)13-6-7-14-12(9-13)5-2-8-16(14)10-11-3-1-4-11/h6-7,9,11H,1-5,8,10H2,(H,17,18). The molecule has 1 aromatic rings. The highest BCUT2D eigenvalue weighted by Crippen LogP contribution is 2.33. The van der Waals surface area contributed by atoms with Crippen LogP contribution in [0.1, 0.15) is 41.6 Å². The van der Waals surface area contributed by atoms with Gasteiger partial charge in [-0.1, -0.05) is 6.42 Å². The van der Waals surface area contributed by atoms with E-state index in [0.29, 0.717) is 5.56 Å². The maximum atomic E-state index is 11.0. The fourth-order valence-corrected chi connectivity index (χ4v) is 2.98. The summed E-state index contributed by atoms with van der Waals surface area (Å²) in [5, 5.41) is 9.03. The predicted octanol–water partition coefficient (Wildman–Crippen LogP) is 2.94. The molecule has 0 bridgehead atoms. The van der Waals surface area contributed by atoms with Crippen LogP contribution in [0, 0.1) is 5.92 Å². The third-order valence-electron chi connectivity index (χ3n) is 4.24. The smallest absolute Gasteiger partial charge is 0.335 e. The van der Waals surface area contributed by atoms with Gasteiger partial charge in [0.05, 0.1) is 5.56 Å². The number of aryl methyl sites for hydroxylation is 1. The highest BCUT2D eigenvalue weighted by molar-refractivity contribution is 5.88. The van der Waals surface area contributed by atoms with Crippen LogP contribution in [0.25, 0.3) is 0 Å². The molecule has 0 saturated heterocycles. The summed E-state index contributed by atoms with van der Waals surface area (Å²) in [7, 11) is 0. The first kappa shape index (κ1) is 11.6. The van der Waals surface area contributed by atoms with Gasteiger partial charge in [-0.3, -0.25) is 0 Å². The second-order valence-corrected chi connectivity index (χ2v) is 5.50. The van der Waals surface area contributed by atoms with Crippen molar-refractivity contribution < 1.29 is 9.90 Å². The Kier molecular flexibility index (Phi) is 2.98. The molecule has 2 aliphatic rings. The number of fused-ring (bicyclic) bond motifs is 1. The van der Waals surface area contributed by atoms with Gasteiger partial charge in [-0.05, 0) is 55.4 Å². The van der Waals surface area contributed by atoms with E-state index in [9.17, 15) is 4.79 Å². The maximum absolute atomic E-state index is 11.0. The lowest BCUT2D eigenvalue weighted by Crippen LogP contribution is -2.36. The van der Waals surface area contributed by atoms with Crippen LogP contribution in [-0.2, 0) is 6.42 Å². The molecular formula is C15H19NO2. The molecule has 0 amide bonds. The zero-order chi connectivity index (χ0) is 12.5. The Balaban J connectivity index is 1.83. The summed E-state index contributed by atoms with van der Waals surface area (Å²) in [5.74, 6) is 0.0315. The van der Waals surface area contributed by atoms with E-state index in [1.807, 2.05) is 12.1 Å². The summed E-state index contributed by atoms with van der Waals surface area (Å²) in [5.41, 5.74) is 2.89. The van der Waals surface area contributed by atoms with Crippen molar-refractivity contribution in [2.45, 2.75) is 32.1 Å². The highest BCUT2D eigenvalue weighted by Gasteiger charge is 2.24. The molecule has 0 atom stereocenters. The van der Waals surface area contributed by atoms with Gasteiger partial charge in [0.1, 0.15) is 0 Å². The van der Waals surface area contributed by atoms with Crippen LogP contribution in [0.15, 0.2) is 18.2 Å². The van der Waals surface area contributed by atoms with Crippen molar-refractivity contribution in [1.29, 1.82) is 0 Å². The average molecular weight is 245 g/mol. The van der Waals surface area contributed by atoms with Crippen LogP contribution >= 0.6 is 0 Å². The van der Waals surface area contributed by atoms with Gasteiger partial charge in [-0.15, -0.1) is 0 Å². The summed E-state index contributed by atoms with van der Waals surface area (Å²) in [6.45, 7) is 2.27. The molecule has 0 aromatic heterocycles. The molecule has 18 heavy (non-hydrogen) atoms. The fourth-order valence-electron chi connectivity index (χ4n) is 2.98. The van der Waals surface area contributed by atoms with Gasteiger partial charge in [0.15, 0.2) is 0 Å². The Labute approximate surface area is 107 Å². The van der Waals surface area contributed by atoms with E-state index in [4.69, 9.17) is 5.11 Å². The number of carboxylic acid groups (broad SMARTS) is 1. The van der Waals surface area contributed by atoms with Crippen LogP contribution in [0.3, 0.4) is 0 Å². The Morgan fingerprint density at radius 1 is 1.33 bits per heavy atom. The Bertz CT molecular complexity index is 466. The minimum absolute atomic E-state index is 0.416. The Hall–Kier alpha value is -1.51. The molecule has 3 rings (SSSR count). The molecule has 1 saturated carbocycles. The van der Waals surface area contributed by atoms with Crippen LogP contribution in [0.4, 0.5) is 5.69 Å². The number of rotatable bonds is 3. The van der Waals surface area contributed by atoms with Crippen LogP contribution in [0.5, 0.6) is 0 Å². The normalized spacial score (nSPS) is 19.2. The molecular weight excluding hydrogens is 226 g/mol. The zero-order valence-corrected chi connectivity index (χ0v) is 10.6. The monoisotopic (exact) mass is 245 g/mol. The van der Waals surface area contributed by atoms with E-state index < -0.39 is 5.97 Å². The molecule has 0 unspecified atom stereocenters. The van der Waals surface area contributed by atoms with Gasteiger partial charge in [-0.25, -0.2) is 4.79 Å². The second kappa shape index (κ2) is 4.63. The number of benzene rings is 1. The molecule has 1 aromatic carbocycles. The summed E-state index contributed by atoms with van der Waals surface area (Å²) in [4.78, 5) is 13.4. The van der Waals surface area contributed by atoms with E-state index in [2.05, 4.69) is 4.90 Å². The van der Waals surface area contributed by atoms with E-state index in [1.165, 1.54) is 30.5 Å². The second-order valence-electron chi connectivity index (χ2n) is 5.50. The molecule has 1 fully saturated rings. The van der Waals surface area contributed by atoms with Gasteiger partial charge in [0.2, 0.25) is 0 Å². The lowest BCUT2D eigenvalue weighted by molar-refractivity contribution is 0.0697. The molecule has 3 nitrogen and oxygen atoms in total. The quantitative estimate of drug-likeness (QED) is 0.890. The number of aromatic carboxylic acids is 1. The molecule has 1 N–H and O–H groups in total. The summed E-state index contributed by atoms with van der Waals surface area (Å²) >= 11 is 0. The Morgan fingerprint density at radius 3 is 2.83 bits per heavy atom. The number of carboxylic acids is 1.